The fraction of sp³-hybridized carbons (Fsp3) is 0.227. The molecule has 2 N–H and O–H groups in total. The summed E-state index contributed by atoms with van der Waals surface area (Å²) < 4.78 is 10.8. The zero-order valence-corrected chi connectivity index (χ0v) is 18.2. The van der Waals surface area contributed by atoms with Crippen molar-refractivity contribution in [2.24, 2.45) is 26.5 Å². The highest BCUT2D eigenvalue weighted by Crippen LogP contribution is 2.42. The van der Waals surface area contributed by atoms with Gasteiger partial charge in [-0.05, 0) is 24.4 Å². The van der Waals surface area contributed by atoms with E-state index in [1.807, 2.05) is 24.3 Å². The summed E-state index contributed by atoms with van der Waals surface area (Å²) in [6, 6.07) is 10.5. The smallest absolute Gasteiger partial charge is 0.321 e. The van der Waals surface area contributed by atoms with Gasteiger partial charge >= 0.3 is 12.0 Å². The number of carbonyl (C=O) groups excluding carboxylic acids is 2. The molecule has 0 spiro atoms. The lowest BCUT2D eigenvalue weighted by atomic mass is 9.89. The van der Waals surface area contributed by atoms with E-state index in [0.29, 0.717) is 10.8 Å². The van der Waals surface area contributed by atoms with Crippen molar-refractivity contribution in [1.82, 2.24) is 15.0 Å². The minimum absolute atomic E-state index is 0.00690. The summed E-state index contributed by atoms with van der Waals surface area (Å²) in [6.45, 7) is 1.66. The number of rotatable bonds is 6. The van der Waals surface area contributed by atoms with Gasteiger partial charge in [0, 0.05) is 31.0 Å². The molecule has 168 valence electrons. The number of esters is 1. The van der Waals surface area contributed by atoms with Crippen molar-refractivity contribution in [2.45, 2.75) is 13.1 Å². The fourth-order valence-corrected chi connectivity index (χ4v) is 3.54. The zero-order valence-electron chi connectivity index (χ0n) is 18.2. The lowest BCUT2D eigenvalue weighted by Gasteiger charge is -2.26. The molecule has 1 aliphatic rings. The van der Waals surface area contributed by atoms with Crippen LogP contribution in [0.1, 0.15) is 17.3 Å². The number of aromatic nitrogens is 2. The molecule has 0 radical (unpaired) electrons. The van der Waals surface area contributed by atoms with Crippen molar-refractivity contribution in [3.63, 3.8) is 0 Å². The number of nitrogens with zero attached hydrogens (tertiary/aromatic N) is 6. The van der Waals surface area contributed by atoms with Crippen LogP contribution in [-0.4, -0.2) is 53.4 Å². The zero-order chi connectivity index (χ0) is 23.6. The number of benzene rings is 2. The first-order valence-electron chi connectivity index (χ1n) is 9.93. The van der Waals surface area contributed by atoms with Gasteiger partial charge in [-0.3, -0.25) is 14.6 Å². The van der Waals surface area contributed by atoms with Gasteiger partial charge in [0.1, 0.15) is 11.1 Å². The number of ether oxygens (including phenoxy) is 2. The Bertz CT molecular complexity index is 1280. The molecule has 2 aromatic carbocycles. The largest absolute Gasteiger partial charge is 0.468 e. The number of fused-ring (bicyclic) bond motifs is 1. The monoisotopic (exact) mass is 447 g/mol. The van der Waals surface area contributed by atoms with Gasteiger partial charge in [-0.2, -0.15) is 10.2 Å². The van der Waals surface area contributed by atoms with Crippen LogP contribution in [0.2, 0.25) is 0 Å². The van der Waals surface area contributed by atoms with Crippen LogP contribution in [0.15, 0.2) is 64.1 Å². The lowest BCUT2D eigenvalue weighted by molar-refractivity contribution is -0.149. The molecule has 11 heteroatoms. The Labute approximate surface area is 188 Å². The maximum Gasteiger partial charge on any atom is 0.321 e. The molecule has 0 fully saturated rings. The maximum absolute atomic E-state index is 12.4. The highest BCUT2D eigenvalue weighted by atomic mass is 16.5. The molecular formula is C22H21N7O4. The lowest BCUT2D eigenvalue weighted by Crippen LogP contribution is -2.42. The molecule has 0 saturated carbocycles. The van der Waals surface area contributed by atoms with Gasteiger partial charge in [-0.1, -0.05) is 24.3 Å². The first-order valence-corrected chi connectivity index (χ1v) is 9.93. The molecule has 0 saturated heterocycles. The van der Waals surface area contributed by atoms with Crippen LogP contribution in [0.3, 0.4) is 0 Å². The van der Waals surface area contributed by atoms with E-state index in [0.717, 1.165) is 0 Å². The SMILES string of the molecule is COC(=O)C1(C)C=NN(C)C1N=Nc1c(Oc2ncccn2)c(C(N)=O)cc2ccccc12. The number of amides is 1. The highest BCUT2D eigenvalue weighted by molar-refractivity contribution is 6.06. The first kappa shape index (κ1) is 21.8. The molecule has 2 heterocycles. The number of hydrogen-bond acceptors (Lipinski definition) is 10. The molecule has 3 aromatic rings. The summed E-state index contributed by atoms with van der Waals surface area (Å²) in [5, 5.41) is 15.9. The molecule has 11 nitrogen and oxygen atoms in total. The van der Waals surface area contributed by atoms with Gasteiger partial charge in [0.2, 0.25) is 0 Å². The predicted octanol–water partition coefficient (Wildman–Crippen LogP) is 3.04. The van der Waals surface area contributed by atoms with Gasteiger partial charge in [0.05, 0.1) is 12.7 Å². The van der Waals surface area contributed by atoms with Crippen molar-refractivity contribution in [2.75, 3.05) is 14.2 Å². The van der Waals surface area contributed by atoms with E-state index in [1.54, 1.807) is 26.1 Å². The Morgan fingerprint density at radius 1 is 1.18 bits per heavy atom. The van der Waals surface area contributed by atoms with Crippen LogP contribution in [0.25, 0.3) is 10.8 Å². The van der Waals surface area contributed by atoms with Crippen LogP contribution in [0.5, 0.6) is 11.8 Å². The van der Waals surface area contributed by atoms with Crippen molar-refractivity contribution < 1.29 is 19.1 Å². The van der Waals surface area contributed by atoms with Gasteiger partial charge in [0.15, 0.2) is 11.9 Å². The third-order valence-corrected chi connectivity index (χ3v) is 5.27. The first-order chi connectivity index (χ1) is 15.8. The third kappa shape index (κ3) is 3.95. The molecule has 1 amide bonds. The highest BCUT2D eigenvalue weighted by Gasteiger charge is 2.48. The summed E-state index contributed by atoms with van der Waals surface area (Å²) in [7, 11) is 2.96. The van der Waals surface area contributed by atoms with E-state index in [4.69, 9.17) is 15.2 Å². The second-order valence-electron chi connectivity index (χ2n) is 7.50. The number of hydrogen-bond donors (Lipinski definition) is 1. The topological polar surface area (TPSA) is 145 Å². The Morgan fingerprint density at radius 3 is 2.61 bits per heavy atom. The maximum atomic E-state index is 12.4. The summed E-state index contributed by atoms with van der Waals surface area (Å²) in [6.07, 6.45) is 3.68. The standard InChI is InChI=1S/C22H21N7O4/c1-22(20(31)32-3)12-26-29(2)19(22)28-27-16-14-8-5-4-7-13(14)11-15(18(23)30)17(16)33-21-24-9-6-10-25-21/h4-12,19H,1-3H3,(H2,23,30). The number of carbonyl (C=O) groups is 2. The van der Waals surface area contributed by atoms with Crippen molar-refractivity contribution in [3.05, 3.63) is 54.4 Å². The van der Waals surface area contributed by atoms with E-state index >= 15 is 0 Å². The van der Waals surface area contributed by atoms with Gasteiger partial charge in [0.25, 0.3) is 5.91 Å². The van der Waals surface area contributed by atoms with Gasteiger partial charge in [-0.15, -0.1) is 5.11 Å². The summed E-state index contributed by atoms with van der Waals surface area (Å²) in [4.78, 5) is 32.8. The Kier molecular flexibility index (Phi) is 5.69. The second kappa shape index (κ2) is 8.61. The summed E-state index contributed by atoms with van der Waals surface area (Å²) in [5.74, 6) is -1.18. The summed E-state index contributed by atoms with van der Waals surface area (Å²) >= 11 is 0. The molecule has 4 rings (SSSR count). The van der Waals surface area contributed by atoms with Crippen molar-refractivity contribution in [1.29, 1.82) is 0 Å². The van der Waals surface area contributed by atoms with Crippen LogP contribution in [0.4, 0.5) is 5.69 Å². The second-order valence-corrected chi connectivity index (χ2v) is 7.50. The van der Waals surface area contributed by atoms with Crippen LogP contribution >= 0.6 is 0 Å². The molecule has 0 bridgehead atoms. The molecule has 1 aromatic heterocycles. The Morgan fingerprint density at radius 2 is 1.91 bits per heavy atom. The molecule has 1 aliphatic heterocycles. The van der Waals surface area contributed by atoms with Crippen LogP contribution < -0.4 is 10.5 Å². The molecule has 33 heavy (non-hydrogen) atoms. The van der Waals surface area contributed by atoms with Crippen LogP contribution in [0, 0.1) is 5.41 Å². The van der Waals surface area contributed by atoms with Crippen molar-refractivity contribution in [3.8, 4) is 11.8 Å². The van der Waals surface area contributed by atoms with Crippen molar-refractivity contribution >= 4 is 34.6 Å². The third-order valence-electron chi connectivity index (χ3n) is 5.27. The van der Waals surface area contributed by atoms with Gasteiger partial charge < -0.3 is 15.2 Å². The minimum atomic E-state index is -1.16. The van der Waals surface area contributed by atoms with E-state index in [9.17, 15) is 9.59 Å². The average molecular weight is 447 g/mol. The number of azo groups is 1. The Hall–Kier alpha value is -4.41. The molecule has 0 aliphatic carbocycles. The van der Waals surface area contributed by atoms with E-state index in [-0.39, 0.29) is 23.0 Å². The molecular weight excluding hydrogens is 426 g/mol. The predicted molar refractivity (Wildman–Crippen MR) is 119 cm³/mol. The molecule has 2 unspecified atom stereocenters. The minimum Gasteiger partial charge on any atom is -0.468 e. The van der Waals surface area contributed by atoms with Gasteiger partial charge in [-0.25, -0.2) is 9.97 Å². The normalized spacial score (nSPS) is 19.8. The summed E-state index contributed by atoms with van der Waals surface area (Å²) in [5.41, 5.74) is 4.81. The Balaban J connectivity index is 1.89. The number of nitrogens with two attached hydrogens (primary N) is 1. The average Bonchev–Trinajstić information content (AvgIpc) is 3.12. The fourth-order valence-electron chi connectivity index (χ4n) is 3.54. The van der Waals surface area contributed by atoms with E-state index in [1.165, 1.54) is 30.7 Å². The quantitative estimate of drug-likeness (QED) is 0.451. The van der Waals surface area contributed by atoms with Crippen LogP contribution in [-0.2, 0) is 9.53 Å². The molecule has 2 atom stereocenters. The van der Waals surface area contributed by atoms with E-state index in [2.05, 4.69) is 25.3 Å². The number of hydrazone groups is 1. The number of primary amides is 1. The van der Waals surface area contributed by atoms with E-state index < -0.39 is 23.5 Å². The number of methoxy groups -OCH3 is 1.